The predicted molar refractivity (Wildman–Crippen MR) is 191 cm³/mol. The third-order valence-corrected chi connectivity index (χ3v) is 8.76. The zero-order valence-corrected chi connectivity index (χ0v) is 28.7. The van der Waals surface area contributed by atoms with E-state index in [1.165, 1.54) is 11.1 Å². The Morgan fingerprint density at radius 3 is 2.04 bits per heavy atom. The average molecular weight is 653 g/mol. The Labute approximate surface area is 278 Å². The first-order valence-corrected chi connectivity index (χ1v) is 17.3. The van der Waals surface area contributed by atoms with Crippen LogP contribution in [0.4, 0.5) is 5.69 Å². The maximum Gasteiger partial charge on any atom is 0.266 e. The van der Waals surface area contributed by atoms with E-state index in [1.807, 2.05) is 67.6 Å². The molecule has 0 saturated heterocycles. The van der Waals surface area contributed by atoms with Gasteiger partial charge < -0.3 is 10.6 Å². The molecule has 0 radical (unpaired) electrons. The number of anilines is 1. The van der Waals surface area contributed by atoms with Crippen LogP contribution in [0.3, 0.4) is 0 Å². The topological polar surface area (TPSA) is 113 Å². The van der Waals surface area contributed by atoms with E-state index in [-0.39, 0.29) is 23.8 Å². The van der Waals surface area contributed by atoms with Crippen molar-refractivity contribution in [3.05, 3.63) is 130 Å². The molecule has 0 aromatic heterocycles. The number of hydrogen-bond donors (Lipinski definition) is 3. The van der Waals surface area contributed by atoms with Crippen LogP contribution in [0, 0.1) is 19.3 Å². The van der Waals surface area contributed by atoms with Gasteiger partial charge in [0.2, 0.25) is 5.91 Å². The van der Waals surface area contributed by atoms with Gasteiger partial charge in [0.05, 0.1) is 11.7 Å². The molecule has 0 bridgehead atoms. The largest absolute Gasteiger partial charge is 0.351 e. The molecule has 4 aromatic carbocycles. The number of carbonyl (C=O) groups is 2. The fraction of sp³-hybridized carbons (Fsp3) is 0.282. The maximum atomic E-state index is 14.0. The summed E-state index contributed by atoms with van der Waals surface area (Å²) in [5, 5.41) is 5.63. The molecule has 7 nitrogen and oxygen atoms in total. The quantitative estimate of drug-likeness (QED) is 0.142. The summed E-state index contributed by atoms with van der Waals surface area (Å²) >= 11 is 0. The zero-order valence-electron chi connectivity index (χ0n) is 27.9. The van der Waals surface area contributed by atoms with E-state index in [1.54, 1.807) is 12.1 Å². The Kier molecular flexibility index (Phi) is 11.2. The van der Waals surface area contributed by atoms with Crippen LogP contribution < -0.4 is 10.6 Å². The molecule has 0 spiro atoms. The van der Waals surface area contributed by atoms with E-state index >= 15 is 0 Å². The van der Waals surface area contributed by atoms with Gasteiger partial charge in [0.15, 0.2) is 0 Å². The second-order valence-electron chi connectivity index (χ2n) is 13.2. The van der Waals surface area contributed by atoms with E-state index in [2.05, 4.69) is 75.6 Å². The second-order valence-corrected chi connectivity index (χ2v) is 14.8. The summed E-state index contributed by atoms with van der Waals surface area (Å²) in [6.45, 7) is 12.4. The molecule has 4 aromatic rings. The van der Waals surface area contributed by atoms with Gasteiger partial charge in [0.25, 0.3) is 16.0 Å². The van der Waals surface area contributed by atoms with Gasteiger partial charge in [-0.15, -0.1) is 0 Å². The molecular weight excluding hydrogens is 609 g/mol. The molecule has 246 valence electrons. The van der Waals surface area contributed by atoms with Crippen molar-refractivity contribution in [2.24, 2.45) is 5.41 Å². The second kappa shape index (κ2) is 14.9. The van der Waals surface area contributed by atoms with Gasteiger partial charge in [0.1, 0.15) is 0 Å². The van der Waals surface area contributed by atoms with Crippen LogP contribution in [0.2, 0.25) is 0 Å². The summed E-state index contributed by atoms with van der Waals surface area (Å²) in [6, 6.07) is 29.2. The van der Waals surface area contributed by atoms with Crippen molar-refractivity contribution in [2.45, 2.75) is 53.4 Å². The van der Waals surface area contributed by atoms with Crippen LogP contribution in [0.1, 0.15) is 77.7 Å². The standard InChI is InChI=1S/C39H44N2O5S/c1-26-7-20-35(27(2)25-26)31-16-18-34(19-17-31)41-38(43)36(32-10-8-29(9-11-32)21-22-39(4,5)6)28(3)30-12-14-33(15-13-30)37(42)40-23-24-47(44,45)46/h7-22,25,28,36H,23-24H2,1-6H3,(H,40,42)(H,41,43)(H,44,45,46)/b22-21+. The molecule has 8 heteroatoms. The minimum Gasteiger partial charge on any atom is -0.351 e. The van der Waals surface area contributed by atoms with E-state index in [4.69, 9.17) is 4.55 Å². The molecule has 2 unspecified atom stereocenters. The normalized spacial score (nSPS) is 13.3. The summed E-state index contributed by atoms with van der Waals surface area (Å²) in [6.07, 6.45) is 4.23. The van der Waals surface area contributed by atoms with Gasteiger partial charge in [-0.3, -0.25) is 14.1 Å². The van der Waals surface area contributed by atoms with Gasteiger partial charge >= 0.3 is 0 Å². The first-order chi connectivity index (χ1) is 22.1. The maximum absolute atomic E-state index is 14.0. The average Bonchev–Trinajstić information content (AvgIpc) is 3.00. The molecule has 2 amide bonds. The van der Waals surface area contributed by atoms with Gasteiger partial charge in [0, 0.05) is 17.8 Å². The summed E-state index contributed by atoms with van der Waals surface area (Å²) in [5.74, 6) is -1.96. The number of nitrogens with one attached hydrogen (secondary N) is 2. The molecular formula is C39H44N2O5S. The van der Waals surface area contributed by atoms with Gasteiger partial charge in [-0.1, -0.05) is 112 Å². The zero-order chi connectivity index (χ0) is 34.4. The van der Waals surface area contributed by atoms with Crippen molar-refractivity contribution in [1.29, 1.82) is 0 Å². The van der Waals surface area contributed by atoms with Crippen molar-refractivity contribution in [1.82, 2.24) is 5.32 Å². The first-order valence-electron chi connectivity index (χ1n) is 15.7. The minimum atomic E-state index is -4.17. The highest BCUT2D eigenvalue weighted by molar-refractivity contribution is 7.85. The van der Waals surface area contributed by atoms with E-state index in [0.717, 1.165) is 27.8 Å². The molecule has 0 aliphatic carbocycles. The molecule has 4 rings (SSSR count). The lowest BCUT2D eigenvalue weighted by Gasteiger charge is -2.25. The Hall–Kier alpha value is -4.53. The van der Waals surface area contributed by atoms with Crippen molar-refractivity contribution in [3.63, 3.8) is 0 Å². The summed E-state index contributed by atoms with van der Waals surface area (Å²) in [7, 11) is -4.17. The lowest BCUT2D eigenvalue weighted by atomic mass is 9.81. The van der Waals surface area contributed by atoms with Crippen LogP contribution >= 0.6 is 0 Å². The number of allylic oxidation sites excluding steroid dienone is 1. The van der Waals surface area contributed by atoms with Crippen molar-refractivity contribution in [2.75, 3.05) is 17.6 Å². The highest BCUT2D eigenvalue weighted by Gasteiger charge is 2.28. The van der Waals surface area contributed by atoms with Crippen LogP contribution in [-0.2, 0) is 14.9 Å². The Morgan fingerprint density at radius 1 is 0.851 bits per heavy atom. The number of aryl methyl sites for hydroxylation is 2. The Morgan fingerprint density at radius 2 is 1.47 bits per heavy atom. The van der Waals surface area contributed by atoms with Crippen LogP contribution in [-0.4, -0.2) is 37.1 Å². The van der Waals surface area contributed by atoms with E-state index in [9.17, 15) is 18.0 Å². The van der Waals surface area contributed by atoms with Gasteiger partial charge in [-0.05, 0) is 82.8 Å². The highest BCUT2D eigenvalue weighted by Crippen LogP contribution is 2.35. The summed E-state index contributed by atoms with van der Waals surface area (Å²) < 4.78 is 30.9. The molecule has 0 saturated carbocycles. The monoisotopic (exact) mass is 652 g/mol. The summed E-state index contributed by atoms with van der Waals surface area (Å²) in [5.41, 5.74) is 8.48. The fourth-order valence-corrected chi connectivity index (χ4v) is 5.80. The molecule has 0 aliphatic heterocycles. The number of amides is 2. The van der Waals surface area contributed by atoms with Crippen molar-refractivity contribution >= 4 is 33.7 Å². The number of carbonyl (C=O) groups excluding carboxylic acids is 2. The van der Waals surface area contributed by atoms with E-state index in [0.29, 0.717) is 11.3 Å². The van der Waals surface area contributed by atoms with Crippen LogP contribution in [0.25, 0.3) is 17.2 Å². The smallest absolute Gasteiger partial charge is 0.266 e. The molecule has 0 aliphatic rings. The third-order valence-electron chi connectivity index (χ3n) is 8.04. The molecule has 2 atom stereocenters. The SMILES string of the molecule is Cc1ccc(-c2ccc(NC(=O)C(c3ccc(/C=C/C(C)(C)C)cc3)C(C)c3ccc(C(=O)NCCS(=O)(=O)O)cc3)cc2)c(C)c1. The molecule has 3 N–H and O–H groups in total. The van der Waals surface area contributed by atoms with E-state index < -0.39 is 27.7 Å². The molecule has 47 heavy (non-hydrogen) atoms. The minimum absolute atomic E-state index is 0.0446. The van der Waals surface area contributed by atoms with Crippen LogP contribution in [0.5, 0.6) is 0 Å². The third kappa shape index (κ3) is 10.2. The number of benzene rings is 4. The van der Waals surface area contributed by atoms with Crippen LogP contribution in [0.15, 0.2) is 97.1 Å². The van der Waals surface area contributed by atoms with Crippen molar-refractivity contribution in [3.8, 4) is 11.1 Å². The molecule has 0 fully saturated rings. The predicted octanol–water partition coefficient (Wildman–Crippen LogP) is 8.17. The Balaban J connectivity index is 1.58. The lowest BCUT2D eigenvalue weighted by Crippen LogP contribution is -2.29. The number of hydrogen-bond acceptors (Lipinski definition) is 4. The summed E-state index contributed by atoms with van der Waals surface area (Å²) in [4.78, 5) is 26.5. The molecule has 0 heterocycles. The Bertz CT molecular complexity index is 1840. The van der Waals surface area contributed by atoms with Crippen molar-refractivity contribution < 1.29 is 22.6 Å². The lowest BCUT2D eigenvalue weighted by molar-refractivity contribution is -0.118. The number of rotatable bonds is 11. The van der Waals surface area contributed by atoms with Gasteiger partial charge in [-0.2, -0.15) is 8.42 Å². The fourth-order valence-electron chi connectivity index (χ4n) is 5.44. The first kappa shape index (κ1) is 35.3. The van der Waals surface area contributed by atoms with Gasteiger partial charge in [-0.25, -0.2) is 0 Å². The highest BCUT2D eigenvalue weighted by atomic mass is 32.2.